The van der Waals surface area contributed by atoms with Crippen molar-refractivity contribution in [1.82, 2.24) is 9.80 Å². The Morgan fingerprint density at radius 3 is 2.26 bits per heavy atom. The first kappa shape index (κ1) is 19.2. The Hall–Kier alpha value is 0.157. The zero-order chi connectivity index (χ0) is 14.5. The van der Waals surface area contributed by atoms with Crippen molar-refractivity contribution in [1.29, 1.82) is 0 Å². The van der Waals surface area contributed by atoms with Crippen molar-refractivity contribution < 1.29 is 0 Å². The summed E-state index contributed by atoms with van der Waals surface area (Å²) in [6.07, 6.45) is 4.82. The van der Waals surface area contributed by atoms with Gasteiger partial charge in [-0.3, -0.25) is 0 Å². The average Bonchev–Trinajstić information content (AvgIpc) is 2.93. The van der Waals surface area contributed by atoms with E-state index < -0.39 is 0 Å². The molecule has 0 spiro atoms. The summed E-state index contributed by atoms with van der Waals surface area (Å²) in [6, 6.07) is 0. The number of hydrogen-bond acceptors (Lipinski definition) is 3. The third kappa shape index (κ3) is 9.65. The van der Waals surface area contributed by atoms with Crippen molar-refractivity contribution in [3.8, 4) is 0 Å². The van der Waals surface area contributed by atoms with E-state index in [1.165, 1.54) is 42.7 Å². The van der Waals surface area contributed by atoms with Crippen LogP contribution < -0.4 is 0 Å². The van der Waals surface area contributed by atoms with E-state index >= 15 is 0 Å². The quantitative estimate of drug-likeness (QED) is 0.567. The first-order valence-electron chi connectivity index (χ1n) is 7.40. The molecule has 1 heterocycles. The molecule has 1 rings (SSSR count). The van der Waals surface area contributed by atoms with Gasteiger partial charge >= 0.3 is 0 Å². The second-order valence-corrected chi connectivity index (χ2v) is 6.90. The van der Waals surface area contributed by atoms with Crippen LogP contribution in [0.15, 0.2) is 11.8 Å². The maximum absolute atomic E-state index is 5.38. The van der Waals surface area contributed by atoms with E-state index in [2.05, 4.69) is 35.4 Å². The van der Waals surface area contributed by atoms with Crippen molar-refractivity contribution in [3.05, 3.63) is 11.8 Å². The van der Waals surface area contributed by atoms with Crippen LogP contribution in [-0.4, -0.2) is 62.8 Å². The summed E-state index contributed by atoms with van der Waals surface area (Å²) in [6.45, 7) is 12.2. The van der Waals surface area contributed by atoms with Crippen molar-refractivity contribution in [2.45, 2.75) is 33.6 Å². The van der Waals surface area contributed by atoms with Crippen LogP contribution in [0.5, 0.6) is 0 Å². The molecule has 1 saturated heterocycles. The number of allylic oxidation sites excluding steroid dienone is 1. The molecule has 0 N–H and O–H groups in total. The van der Waals surface area contributed by atoms with Gasteiger partial charge in [0.05, 0.1) is 0 Å². The van der Waals surface area contributed by atoms with Crippen LogP contribution in [0.4, 0.5) is 0 Å². The predicted molar refractivity (Wildman–Crippen MR) is 98.4 cm³/mol. The van der Waals surface area contributed by atoms with Crippen LogP contribution >= 0.6 is 24.0 Å². The van der Waals surface area contributed by atoms with Gasteiger partial charge in [0.15, 0.2) is 0 Å². The van der Waals surface area contributed by atoms with Crippen LogP contribution in [0.3, 0.4) is 0 Å². The Morgan fingerprint density at radius 1 is 1.32 bits per heavy atom. The Kier molecular flexibility index (Phi) is 13.3. The molecule has 0 bridgehead atoms. The van der Waals surface area contributed by atoms with E-state index in [4.69, 9.17) is 12.2 Å². The third-order valence-corrected chi connectivity index (χ3v) is 5.36. The minimum Gasteiger partial charge on any atom is -0.358 e. The summed E-state index contributed by atoms with van der Waals surface area (Å²) in [5.74, 6) is 1.15. The fourth-order valence-electron chi connectivity index (χ4n) is 1.84. The van der Waals surface area contributed by atoms with E-state index in [9.17, 15) is 0 Å². The molecule has 0 saturated carbocycles. The average molecular weight is 319 g/mol. The number of thiocarbonyl (C=S) groups is 1. The highest BCUT2D eigenvalue weighted by molar-refractivity contribution is 8.22. The lowest BCUT2D eigenvalue weighted by Gasteiger charge is -2.21. The van der Waals surface area contributed by atoms with Crippen molar-refractivity contribution in [2.75, 3.05) is 38.5 Å². The number of likely N-dealkylation sites (tertiary alicyclic amines) is 1. The molecule has 0 amide bonds. The van der Waals surface area contributed by atoms with Gasteiger partial charge in [0.25, 0.3) is 0 Å². The second-order valence-electron chi connectivity index (χ2n) is 4.50. The molecule has 0 aliphatic carbocycles. The number of nitrogens with zero attached hydrogens (tertiary/aromatic N) is 2. The van der Waals surface area contributed by atoms with E-state index in [0.717, 1.165) is 23.2 Å². The van der Waals surface area contributed by atoms with Crippen LogP contribution in [0.2, 0.25) is 0 Å². The predicted octanol–water partition coefficient (Wildman–Crippen LogP) is 2.33. The smallest absolute Gasteiger partial charge is 0.136 e. The van der Waals surface area contributed by atoms with Gasteiger partial charge < -0.3 is 9.80 Å². The van der Waals surface area contributed by atoms with E-state index in [1.807, 2.05) is 18.7 Å². The molecule has 0 unspecified atom stereocenters. The van der Waals surface area contributed by atoms with Gasteiger partial charge in [-0.1, -0.05) is 30.1 Å². The minimum atomic E-state index is 1.03. The molecular formula is C14H30N2S2Si. The summed E-state index contributed by atoms with van der Waals surface area (Å²) < 4.78 is 1.07. The summed E-state index contributed by atoms with van der Waals surface area (Å²) >= 11 is 7.22. The highest BCUT2D eigenvalue weighted by atomic mass is 32.2. The van der Waals surface area contributed by atoms with Gasteiger partial charge in [-0.15, -0.1) is 5.70 Å². The van der Waals surface area contributed by atoms with Gasteiger partial charge in [-0.05, 0) is 46.7 Å². The Bertz CT molecular complexity index is 246. The minimum absolute atomic E-state index is 1.03. The lowest BCUT2D eigenvalue weighted by molar-refractivity contribution is 0.362. The van der Waals surface area contributed by atoms with E-state index in [0.29, 0.717) is 0 Å². The highest BCUT2D eigenvalue weighted by Gasteiger charge is 2.12. The van der Waals surface area contributed by atoms with Crippen LogP contribution in [0.1, 0.15) is 33.6 Å². The summed E-state index contributed by atoms with van der Waals surface area (Å²) in [7, 11) is 1.21. The molecule has 5 heteroatoms. The monoisotopic (exact) mass is 318 g/mol. The summed E-state index contributed by atoms with van der Waals surface area (Å²) in [5, 5.41) is 0. The number of thioether (sulfide) groups is 1. The standard InChI is InChI=1S/C11H22N2S2.C3H8Si/c1-3-13(4-2)11(14)15-10-9-12-7-5-6-8-12;1-2-3-4/h3-10H2,1-2H3;2-3H,1,4H3. The zero-order valence-electron chi connectivity index (χ0n) is 13.0. The summed E-state index contributed by atoms with van der Waals surface area (Å²) in [5.41, 5.74) is 2.14. The Labute approximate surface area is 132 Å². The lowest BCUT2D eigenvalue weighted by Crippen LogP contribution is -2.28. The molecule has 2 nitrogen and oxygen atoms in total. The van der Waals surface area contributed by atoms with Crippen LogP contribution in [0.25, 0.3) is 0 Å². The third-order valence-electron chi connectivity index (χ3n) is 3.19. The van der Waals surface area contributed by atoms with E-state index in [1.54, 1.807) is 0 Å². The molecule has 1 aliphatic rings. The second kappa shape index (κ2) is 13.2. The first-order valence-corrected chi connectivity index (χ1v) is 9.95. The molecule has 112 valence electrons. The molecule has 0 radical (unpaired) electrons. The number of rotatable bonds is 5. The van der Waals surface area contributed by atoms with E-state index in [-0.39, 0.29) is 0 Å². The van der Waals surface area contributed by atoms with Crippen LogP contribution in [-0.2, 0) is 0 Å². The summed E-state index contributed by atoms with van der Waals surface area (Å²) in [4.78, 5) is 4.79. The van der Waals surface area contributed by atoms with Gasteiger partial charge in [0.2, 0.25) is 0 Å². The topological polar surface area (TPSA) is 6.48 Å². The maximum atomic E-state index is 5.38. The van der Waals surface area contributed by atoms with Crippen LogP contribution in [0, 0.1) is 0 Å². The molecule has 0 aromatic heterocycles. The molecule has 0 aromatic carbocycles. The normalized spacial score (nSPS) is 15.5. The van der Waals surface area contributed by atoms with Crippen molar-refractivity contribution in [2.24, 2.45) is 0 Å². The van der Waals surface area contributed by atoms with Gasteiger partial charge in [-0.25, -0.2) is 0 Å². The Balaban J connectivity index is 0.000000711. The molecule has 0 aromatic rings. The zero-order valence-corrected chi connectivity index (χ0v) is 16.7. The molecule has 0 atom stereocenters. The number of hydrogen-bond donors (Lipinski definition) is 0. The molecule has 1 fully saturated rings. The molecule has 19 heavy (non-hydrogen) atoms. The van der Waals surface area contributed by atoms with Gasteiger partial charge in [0.1, 0.15) is 4.32 Å². The van der Waals surface area contributed by atoms with Crippen molar-refractivity contribution >= 4 is 38.5 Å². The van der Waals surface area contributed by atoms with Gasteiger partial charge in [0, 0.05) is 35.6 Å². The SMILES string of the molecule is CC=C[SiH3].CCN(CC)C(=S)SCCN1CCCC1. The van der Waals surface area contributed by atoms with Crippen molar-refractivity contribution in [3.63, 3.8) is 0 Å². The maximum Gasteiger partial charge on any atom is 0.136 e. The first-order chi connectivity index (χ1) is 9.19. The highest BCUT2D eigenvalue weighted by Crippen LogP contribution is 2.12. The lowest BCUT2D eigenvalue weighted by atomic mass is 10.4. The molecule has 1 aliphatic heterocycles. The fraction of sp³-hybridized carbons (Fsp3) is 0.786. The Morgan fingerprint density at radius 2 is 1.84 bits per heavy atom. The fourth-order valence-corrected chi connectivity index (χ4v) is 3.31. The van der Waals surface area contributed by atoms with Gasteiger partial charge in [-0.2, -0.15) is 0 Å². The largest absolute Gasteiger partial charge is 0.358 e. The molecular weight excluding hydrogens is 288 g/mol.